The number of likely N-dealkylation sites (tertiary alicyclic amines) is 1. The van der Waals surface area contributed by atoms with Gasteiger partial charge in [-0.2, -0.15) is 0 Å². The summed E-state index contributed by atoms with van der Waals surface area (Å²) >= 11 is 0. The van der Waals surface area contributed by atoms with E-state index < -0.39 is 0 Å². The Bertz CT molecular complexity index is 1060. The lowest BCUT2D eigenvalue weighted by Gasteiger charge is -2.30. The van der Waals surface area contributed by atoms with Crippen LogP contribution >= 0.6 is 0 Å². The predicted molar refractivity (Wildman–Crippen MR) is 142 cm³/mol. The maximum atomic E-state index is 13.1. The van der Waals surface area contributed by atoms with Gasteiger partial charge in [-0.25, -0.2) is 0 Å². The summed E-state index contributed by atoms with van der Waals surface area (Å²) in [6.45, 7) is 4.41. The molecule has 0 radical (unpaired) electrons. The molecular formula is C30H38N2O4. The number of allylic oxidation sites excluding steroid dienone is 4. The summed E-state index contributed by atoms with van der Waals surface area (Å²) < 4.78 is 17.0. The van der Waals surface area contributed by atoms with Crippen LogP contribution in [0, 0.1) is 0 Å². The van der Waals surface area contributed by atoms with Crippen LogP contribution in [0.15, 0.2) is 65.5 Å². The number of nitrogens with zero attached hydrogens (tertiary/aromatic N) is 1. The molecule has 0 bridgehead atoms. The van der Waals surface area contributed by atoms with E-state index in [1.165, 1.54) is 35.1 Å². The molecule has 2 heterocycles. The molecular weight excluding hydrogens is 452 g/mol. The summed E-state index contributed by atoms with van der Waals surface area (Å²) in [5.41, 5.74) is 4.89. The van der Waals surface area contributed by atoms with Crippen molar-refractivity contribution in [2.24, 2.45) is 0 Å². The minimum absolute atomic E-state index is 0.0577. The van der Waals surface area contributed by atoms with Crippen LogP contribution in [0.1, 0.15) is 50.5 Å². The van der Waals surface area contributed by atoms with Gasteiger partial charge in [-0.15, -0.1) is 0 Å². The maximum absolute atomic E-state index is 13.1. The first kappa shape index (κ1) is 24.8. The Hall–Kier alpha value is -2.83. The van der Waals surface area contributed by atoms with Gasteiger partial charge in [-0.05, 0) is 86.5 Å². The Morgan fingerprint density at radius 1 is 1.19 bits per heavy atom. The molecule has 2 saturated heterocycles. The summed E-state index contributed by atoms with van der Waals surface area (Å²) in [5, 5.41) is 3.37. The van der Waals surface area contributed by atoms with Gasteiger partial charge in [0.25, 0.3) is 0 Å². The van der Waals surface area contributed by atoms with Crippen LogP contribution in [0.25, 0.3) is 5.57 Å². The molecule has 0 aromatic heterocycles. The van der Waals surface area contributed by atoms with E-state index in [0.29, 0.717) is 19.6 Å². The SMILES string of the molecule is COc1cccc(C2=CC=C(CC(=O)NC(CC3=CCC4OCCOC4=C3)CN3CCCC3)CC2)c1. The fraction of sp³-hybridized carbons (Fsp3) is 0.500. The number of carbonyl (C=O) groups is 1. The third-order valence-corrected chi connectivity index (χ3v) is 7.50. The Morgan fingerprint density at radius 2 is 2.08 bits per heavy atom. The van der Waals surface area contributed by atoms with Crippen molar-refractivity contribution >= 4 is 11.5 Å². The van der Waals surface area contributed by atoms with Gasteiger partial charge in [0, 0.05) is 19.0 Å². The number of fused-ring (bicyclic) bond motifs is 1. The van der Waals surface area contributed by atoms with E-state index in [1.54, 1.807) is 7.11 Å². The van der Waals surface area contributed by atoms with Crippen LogP contribution < -0.4 is 10.1 Å². The first-order valence-electron chi connectivity index (χ1n) is 13.4. The summed E-state index contributed by atoms with van der Waals surface area (Å²) in [6.07, 6.45) is 15.2. The molecule has 0 spiro atoms. The first-order chi connectivity index (χ1) is 17.7. The molecule has 5 rings (SSSR count). The Labute approximate surface area is 214 Å². The predicted octanol–water partition coefficient (Wildman–Crippen LogP) is 4.79. The largest absolute Gasteiger partial charge is 0.497 e. The number of carbonyl (C=O) groups excluding carboxylic acids is 1. The van der Waals surface area contributed by atoms with Crippen molar-refractivity contribution < 1.29 is 19.0 Å². The molecule has 2 atom stereocenters. The molecule has 2 unspecified atom stereocenters. The summed E-state index contributed by atoms with van der Waals surface area (Å²) in [6, 6.07) is 8.26. The molecule has 36 heavy (non-hydrogen) atoms. The normalized spacial score (nSPS) is 22.9. The molecule has 2 aliphatic heterocycles. The second-order valence-corrected chi connectivity index (χ2v) is 10.2. The number of nitrogens with one attached hydrogen (secondary N) is 1. The van der Waals surface area contributed by atoms with Gasteiger partial charge in [0.2, 0.25) is 5.91 Å². The van der Waals surface area contributed by atoms with Crippen LogP contribution in [0.5, 0.6) is 5.75 Å². The lowest BCUT2D eigenvalue weighted by Crippen LogP contribution is -2.43. The van der Waals surface area contributed by atoms with E-state index in [9.17, 15) is 4.79 Å². The van der Waals surface area contributed by atoms with Crippen LogP contribution in [0.3, 0.4) is 0 Å². The van der Waals surface area contributed by atoms with Gasteiger partial charge in [0.15, 0.2) is 0 Å². The van der Waals surface area contributed by atoms with Gasteiger partial charge < -0.3 is 24.4 Å². The highest BCUT2D eigenvalue weighted by Crippen LogP contribution is 2.30. The highest BCUT2D eigenvalue weighted by molar-refractivity contribution is 5.80. The Balaban J connectivity index is 1.20. The van der Waals surface area contributed by atoms with E-state index in [2.05, 4.69) is 46.7 Å². The van der Waals surface area contributed by atoms with Crippen molar-refractivity contribution in [2.45, 2.75) is 57.1 Å². The molecule has 1 aromatic carbocycles. The minimum Gasteiger partial charge on any atom is -0.497 e. The molecule has 0 saturated carbocycles. The zero-order chi connectivity index (χ0) is 24.7. The molecule has 6 heteroatoms. The summed E-state index contributed by atoms with van der Waals surface area (Å²) in [7, 11) is 1.69. The molecule has 2 fully saturated rings. The van der Waals surface area contributed by atoms with Crippen molar-refractivity contribution in [3.8, 4) is 5.75 Å². The Morgan fingerprint density at radius 3 is 2.89 bits per heavy atom. The van der Waals surface area contributed by atoms with E-state index >= 15 is 0 Å². The summed E-state index contributed by atoms with van der Waals surface area (Å²) in [4.78, 5) is 15.6. The van der Waals surface area contributed by atoms with Crippen LogP contribution in [-0.2, 0) is 14.3 Å². The van der Waals surface area contributed by atoms with E-state index in [4.69, 9.17) is 14.2 Å². The molecule has 6 nitrogen and oxygen atoms in total. The second kappa shape index (κ2) is 11.9. The van der Waals surface area contributed by atoms with Crippen LogP contribution in [0.4, 0.5) is 0 Å². The van der Waals surface area contributed by atoms with Crippen molar-refractivity contribution in [3.63, 3.8) is 0 Å². The topological polar surface area (TPSA) is 60.0 Å². The van der Waals surface area contributed by atoms with Gasteiger partial charge >= 0.3 is 0 Å². The number of methoxy groups -OCH3 is 1. The highest BCUT2D eigenvalue weighted by Gasteiger charge is 2.26. The molecule has 1 aromatic rings. The van der Waals surface area contributed by atoms with Gasteiger partial charge in [0.1, 0.15) is 24.2 Å². The molecule has 4 aliphatic rings. The minimum atomic E-state index is 0.0577. The second-order valence-electron chi connectivity index (χ2n) is 10.2. The summed E-state index contributed by atoms with van der Waals surface area (Å²) in [5.74, 6) is 1.92. The standard InChI is InChI=1S/C30H38N2O4/c1-34-27-6-4-5-25(20-27)24-10-7-22(8-11-24)19-30(33)31-26(21-32-13-2-3-14-32)17-23-9-12-28-29(18-23)36-16-15-35-28/h4-7,9-10,18,20,26,28H,2-3,8,11-17,19,21H2,1H3,(H,31,33). The number of benzene rings is 1. The lowest BCUT2D eigenvalue weighted by molar-refractivity contribution is -0.121. The zero-order valence-corrected chi connectivity index (χ0v) is 21.3. The maximum Gasteiger partial charge on any atom is 0.224 e. The van der Waals surface area contributed by atoms with E-state index in [1.807, 2.05) is 12.1 Å². The first-order valence-corrected chi connectivity index (χ1v) is 13.4. The van der Waals surface area contributed by atoms with Gasteiger partial charge in [-0.1, -0.05) is 35.9 Å². The third kappa shape index (κ3) is 6.48. The molecule has 2 aliphatic carbocycles. The van der Waals surface area contributed by atoms with Crippen molar-refractivity contribution in [2.75, 3.05) is 40.0 Å². The Kier molecular flexibility index (Phi) is 8.24. The van der Waals surface area contributed by atoms with Crippen molar-refractivity contribution in [1.82, 2.24) is 10.2 Å². The fourth-order valence-corrected chi connectivity index (χ4v) is 5.58. The quantitative estimate of drug-likeness (QED) is 0.539. The molecule has 192 valence electrons. The number of amides is 1. The number of hydrogen-bond donors (Lipinski definition) is 1. The van der Waals surface area contributed by atoms with E-state index in [0.717, 1.165) is 56.8 Å². The number of ether oxygens (including phenoxy) is 3. The number of hydrogen-bond acceptors (Lipinski definition) is 5. The third-order valence-electron chi connectivity index (χ3n) is 7.50. The van der Waals surface area contributed by atoms with Crippen molar-refractivity contribution in [3.05, 3.63) is 71.0 Å². The molecule has 1 N–H and O–H groups in total. The van der Waals surface area contributed by atoms with Gasteiger partial charge in [0.05, 0.1) is 13.7 Å². The van der Waals surface area contributed by atoms with Crippen LogP contribution in [-0.4, -0.2) is 62.9 Å². The van der Waals surface area contributed by atoms with Crippen molar-refractivity contribution in [1.29, 1.82) is 0 Å². The fourth-order valence-electron chi connectivity index (χ4n) is 5.58. The highest BCUT2D eigenvalue weighted by atomic mass is 16.6. The number of rotatable bonds is 9. The smallest absolute Gasteiger partial charge is 0.224 e. The monoisotopic (exact) mass is 490 g/mol. The lowest BCUT2D eigenvalue weighted by atomic mass is 9.91. The average Bonchev–Trinajstić information content (AvgIpc) is 3.42. The van der Waals surface area contributed by atoms with E-state index in [-0.39, 0.29) is 18.1 Å². The zero-order valence-electron chi connectivity index (χ0n) is 21.3. The van der Waals surface area contributed by atoms with Gasteiger partial charge in [-0.3, -0.25) is 4.79 Å². The average molecular weight is 491 g/mol. The molecule has 1 amide bonds. The van der Waals surface area contributed by atoms with Crippen LogP contribution in [0.2, 0.25) is 0 Å².